The molecule has 118 valence electrons. The highest BCUT2D eigenvalue weighted by atomic mass is 16.4. The third kappa shape index (κ3) is 3.54. The molecule has 1 aliphatic rings. The van der Waals surface area contributed by atoms with E-state index in [9.17, 15) is 0 Å². The predicted octanol–water partition coefficient (Wildman–Crippen LogP) is 0.334. The Morgan fingerprint density at radius 3 is 2.52 bits per heavy atom. The molecule has 2 heterocycles. The molecule has 21 heavy (non-hydrogen) atoms. The van der Waals surface area contributed by atoms with E-state index in [1.807, 2.05) is 33.2 Å². The second kappa shape index (κ2) is 6.44. The van der Waals surface area contributed by atoms with Gasteiger partial charge in [-0.25, -0.2) is 4.98 Å². The minimum Gasteiger partial charge on any atom is -0.409 e. The van der Waals surface area contributed by atoms with Crippen LogP contribution in [0.15, 0.2) is 17.5 Å². The fourth-order valence-electron chi connectivity index (χ4n) is 2.70. The molecule has 0 spiro atoms. The first-order chi connectivity index (χ1) is 9.95. The molecule has 0 aliphatic carbocycles. The molecule has 0 atom stereocenters. The monoisotopic (exact) mass is 294 g/mol. The molecule has 0 bridgehead atoms. The Balaban J connectivity index is 1.82. The van der Waals surface area contributed by atoms with Crippen LogP contribution in [0.3, 0.4) is 0 Å². The summed E-state index contributed by atoms with van der Waals surface area (Å²) in [6, 6.07) is 0. The predicted molar refractivity (Wildman–Crippen MR) is 82.5 cm³/mol. The number of hydrogen-bond donors (Lipinski definition) is 2. The van der Waals surface area contributed by atoms with Gasteiger partial charge < -0.3 is 15.5 Å². The van der Waals surface area contributed by atoms with E-state index in [0.717, 1.165) is 45.1 Å². The van der Waals surface area contributed by atoms with Gasteiger partial charge in [0.25, 0.3) is 0 Å². The van der Waals surface area contributed by atoms with E-state index in [0.29, 0.717) is 0 Å². The summed E-state index contributed by atoms with van der Waals surface area (Å²) in [6.07, 6.45) is 3.86. The summed E-state index contributed by atoms with van der Waals surface area (Å²) in [6.45, 7) is 11.8. The summed E-state index contributed by atoms with van der Waals surface area (Å²) in [5.41, 5.74) is 5.39. The number of rotatable bonds is 5. The molecule has 2 rings (SSSR count). The molecular weight excluding hydrogens is 268 g/mol. The van der Waals surface area contributed by atoms with Gasteiger partial charge in [-0.3, -0.25) is 9.80 Å². The second-order valence-electron chi connectivity index (χ2n) is 6.04. The molecule has 0 unspecified atom stereocenters. The number of aromatic nitrogens is 2. The first-order valence-electron chi connectivity index (χ1n) is 7.38. The number of aryl methyl sites for hydroxylation is 1. The van der Waals surface area contributed by atoms with Crippen molar-refractivity contribution in [1.29, 1.82) is 0 Å². The van der Waals surface area contributed by atoms with Crippen molar-refractivity contribution < 1.29 is 5.21 Å². The second-order valence-corrected chi connectivity index (χ2v) is 6.04. The Morgan fingerprint density at radius 1 is 1.33 bits per heavy atom. The van der Waals surface area contributed by atoms with Crippen molar-refractivity contribution in [3.8, 4) is 0 Å². The van der Waals surface area contributed by atoms with Gasteiger partial charge in [-0.05, 0) is 20.8 Å². The molecule has 3 N–H and O–H groups in total. The lowest BCUT2D eigenvalue weighted by molar-refractivity contribution is 0.0812. The van der Waals surface area contributed by atoms with Gasteiger partial charge in [-0.2, -0.15) is 0 Å². The van der Waals surface area contributed by atoms with Crippen molar-refractivity contribution in [2.45, 2.75) is 32.9 Å². The van der Waals surface area contributed by atoms with Crippen LogP contribution in [0.2, 0.25) is 0 Å². The maximum Gasteiger partial charge on any atom is 0.159 e. The van der Waals surface area contributed by atoms with E-state index in [1.165, 1.54) is 0 Å². The van der Waals surface area contributed by atoms with Crippen LogP contribution in [0.4, 0.5) is 0 Å². The fourth-order valence-corrected chi connectivity index (χ4v) is 2.70. The van der Waals surface area contributed by atoms with Crippen molar-refractivity contribution in [3.05, 3.63) is 18.2 Å². The van der Waals surface area contributed by atoms with Crippen molar-refractivity contribution in [3.63, 3.8) is 0 Å². The first-order valence-corrected chi connectivity index (χ1v) is 7.38. The molecule has 0 amide bonds. The number of nitrogens with two attached hydrogens (primary N) is 1. The SMILES string of the molecule is Cc1nccn1CCN1CCN(C(C)(C)C(N)=NO)CC1. The lowest BCUT2D eigenvalue weighted by Crippen LogP contribution is -2.59. The van der Waals surface area contributed by atoms with Gasteiger partial charge in [0.2, 0.25) is 0 Å². The largest absolute Gasteiger partial charge is 0.409 e. The molecule has 0 saturated carbocycles. The van der Waals surface area contributed by atoms with Gasteiger partial charge in [0.05, 0.1) is 5.54 Å². The van der Waals surface area contributed by atoms with E-state index >= 15 is 0 Å². The standard InChI is InChI=1S/C14H26N6O/c1-12-16-4-5-19(12)9-6-18-7-10-20(11-8-18)14(2,3)13(15)17-21/h4-5,21H,6-11H2,1-3H3,(H2,15,17). The Morgan fingerprint density at radius 2 is 2.00 bits per heavy atom. The number of piperazine rings is 1. The summed E-state index contributed by atoms with van der Waals surface area (Å²) in [5, 5.41) is 12.0. The highest BCUT2D eigenvalue weighted by molar-refractivity contribution is 5.88. The molecule has 0 radical (unpaired) electrons. The molecule has 1 aliphatic heterocycles. The third-order valence-corrected chi connectivity index (χ3v) is 4.48. The zero-order chi connectivity index (χ0) is 15.5. The quantitative estimate of drug-likeness (QED) is 0.354. The van der Waals surface area contributed by atoms with Crippen molar-refractivity contribution in [2.75, 3.05) is 32.7 Å². The fraction of sp³-hybridized carbons (Fsp3) is 0.714. The highest BCUT2D eigenvalue weighted by Crippen LogP contribution is 2.17. The third-order valence-electron chi connectivity index (χ3n) is 4.48. The van der Waals surface area contributed by atoms with Gasteiger partial charge in [0.15, 0.2) is 5.84 Å². The number of hydrogen-bond acceptors (Lipinski definition) is 5. The van der Waals surface area contributed by atoms with Crippen LogP contribution >= 0.6 is 0 Å². The number of nitrogens with zero attached hydrogens (tertiary/aromatic N) is 5. The summed E-state index contributed by atoms with van der Waals surface area (Å²) in [7, 11) is 0. The Kier molecular flexibility index (Phi) is 4.84. The van der Waals surface area contributed by atoms with Crippen molar-refractivity contribution in [2.24, 2.45) is 10.9 Å². The molecule has 0 aromatic carbocycles. The molecule has 1 aromatic heterocycles. The van der Waals surface area contributed by atoms with E-state index in [2.05, 4.69) is 24.5 Å². The molecule has 7 heteroatoms. The molecule has 1 fully saturated rings. The smallest absolute Gasteiger partial charge is 0.159 e. The van der Waals surface area contributed by atoms with E-state index in [4.69, 9.17) is 10.9 Å². The van der Waals surface area contributed by atoms with Gasteiger partial charge in [0, 0.05) is 51.7 Å². The van der Waals surface area contributed by atoms with Crippen LogP contribution in [0, 0.1) is 6.92 Å². The van der Waals surface area contributed by atoms with Gasteiger partial charge in [-0.1, -0.05) is 5.16 Å². The van der Waals surface area contributed by atoms with E-state index in [-0.39, 0.29) is 5.84 Å². The first kappa shape index (κ1) is 15.8. The van der Waals surface area contributed by atoms with Crippen LogP contribution in [0.25, 0.3) is 0 Å². The Hall–Kier alpha value is -1.60. The Labute approximate surface area is 126 Å². The number of imidazole rings is 1. The van der Waals surface area contributed by atoms with Crippen LogP contribution in [-0.2, 0) is 6.54 Å². The van der Waals surface area contributed by atoms with Crippen LogP contribution < -0.4 is 5.73 Å². The van der Waals surface area contributed by atoms with Crippen LogP contribution in [-0.4, -0.2) is 68.7 Å². The number of oxime groups is 1. The normalized spacial score (nSPS) is 19.1. The average Bonchev–Trinajstić information content (AvgIpc) is 2.90. The molecule has 1 saturated heterocycles. The minimum absolute atomic E-state index is 0.269. The van der Waals surface area contributed by atoms with Gasteiger partial charge >= 0.3 is 0 Å². The van der Waals surface area contributed by atoms with Gasteiger partial charge in [0.1, 0.15) is 5.82 Å². The lowest BCUT2D eigenvalue weighted by Gasteiger charge is -2.43. The minimum atomic E-state index is -0.401. The topological polar surface area (TPSA) is 82.9 Å². The lowest BCUT2D eigenvalue weighted by atomic mass is 10.0. The molecular formula is C14H26N6O. The highest BCUT2D eigenvalue weighted by Gasteiger charge is 2.33. The van der Waals surface area contributed by atoms with E-state index in [1.54, 1.807) is 0 Å². The van der Waals surface area contributed by atoms with Crippen molar-refractivity contribution in [1.82, 2.24) is 19.4 Å². The van der Waals surface area contributed by atoms with E-state index < -0.39 is 5.54 Å². The summed E-state index contributed by atoms with van der Waals surface area (Å²) < 4.78 is 2.17. The van der Waals surface area contributed by atoms with Crippen molar-refractivity contribution >= 4 is 5.84 Å². The van der Waals surface area contributed by atoms with Gasteiger partial charge in [-0.15, -0.1) is 0 Å². The maximum absolute atomic E-state index is 8.89. The van der Waals surface area contributed by atoms with Crippen LogP contribution in [0.1, 0.15) is 19.7 Å². The van der Waals surface area contributed by atoms with Crippen LogP contribution in [0.5, 0.6) is 0 Å². The maximum atomic E-state index is 8.89. The summed E-state index contributed by atoms with van der Waals surface area (Å²) in [5.74, 6) is 1.33. The Bertz CT molecular complexity index is 487. The number of amidine groups is 1. The molecule has 1 aromatic rings. The summed E-state index contributed by atoms with van der Waals surface area (Å²) >= 11 is 0. The molecule has 7 nitrogen and oxygen atoms in total. The zero-order valence-electron chi connectivity index (χ0n) is 13.2. The summed E-state index contributed by atoms with van der Waals surface area (Å²) in [4.78, 5) is 8.95. The average molecular weight is 294 g/mol. The zero-order valence-corrected chi connectivity index (χ0v) is 13.2.